The second-order valence-electron chi connectivity index (χ2n) is 7.26. The molecule has 1 aliphatic rings. The summed E-state index contributed by atoms with van der Waals surface area (Å²) in [6.07, 6.45) is 1.34. The lowest BCUT2D eigenvalue weighted by Crippen LogP contribution is -2.27. The van der Waals surface area contributed by atoms with Gasteiger partial charge >= 0.3 is 0 Å². The molecule has 0 aliphatic carbocycles. The van der Waals surface area contributed by atoms with Crippen molar-refractivity contribution in [1.29, 1.82) is 0 Å². The summed E-state index contributed by atoms with van der Waals surface area (Å²) in [5.41, 5.74) is 3.55. The molecule has 6 heteroatoms. The molecule has 0 unspecified atom stereocenters. The number of anilines is 1. The van der Waals surface area contributed by atoms with E-state index in [9.17, 15) is 4.79 Å². The van der Waals surface area contributed by atoms with Crippen LogP contribution < -0.4 is 10.1 Å². The summed E-state index contributed by atoms with van der Waals surface area (Å²) in [4.78, 5) is 12.4. The Labute approximate surface area is 170 Å². The van der Waals surface area contributed by atoms with E-state index in [0.29, 0.717) is 13.2 Å². The molecule has 1 saturated heterocycles. The molecular weight excluding hydrogens is 366 g/mol. The zero-order valence-electron chi connectivity index (χ0n) is 16.7. The summed E-state index contributed by atoms with van der Waals surface area (Å²) < 4.78 is 13.3. The number of carbonyl (C=O) groups excluding carboxylic acids is 1. The average Bonchev–Trinajstić information content (AvgIpc) is 3.34. The number of para-hydroxylation sites is 1. The predicted octanol–water partition coefficient (Wildman–Crippen LogP) is 4.46. The Morgan fingerprint density at radius 2 is 1.97 bits per heavy atom. The van der Waals surface area contributed by atoms with Crippen molar-refractivity contribution in [3.8, 4) is 11.5 Å². The van der Waals surface area contributed by atoms with Gasteiger partial charge in [-0.05, 0) is 56.5 Å². The number of amides is 1. The van der Waals surface area contributed by atoms with Crippen LogP contribution in [0.3, 0.4) is 0 Å². The van der Waals surface area contributed by atoms with E-state index in [1.807, 2.05) is 73.1 Å². The molecule has 4 rings (SSSR count). The molecule has 1 aromatic heterocycles. The first kappa shape index (κ1) is 19.2. The molecule has 3 aromatic rings. The number of rotatable bonds is 6. The third kappa shape index (κ3) is 4.49. The number of carbonyl (C=O) groups is 1. The molecule has 150 valence electrons. The lowest BCUT2D eigenvalue weighted by Gasteiger charge is -2.11. The highest BCUT2D eigenvalue weighted by Gasteiger charge is 2.25. The van der Waals surface area contributed by atoms with E-state index in [1.54, 1.807) is 0 Å². The van der Waals surface area contributed by atoms with Crippen LogP contribution in [0.5, 0.6) is 11.5 Å². The number of nitrogens with one attached hydrogen (secondary N) is 1. The van der Waals surface area contributed by atoms with E-state index < -0.39 is 0 Å². The highest BCUT2D eigenvalue weighted by atomic mass is 16.5. The van der Waals surface area contributed by atoms with Crippen LogP contribution >= 0.6 is 0 Å². The van der Waals surface area contributed by atoms with Gasteiger partial charge in [-0.25, -0.2) is 0 Å². The molecular formula is C23H25N3O3. The largest absolute Gasteiger partial charge is 0.457 e. The molecule has 0 bridgehead atoms. The maximum Gasteiger partial charge on any atom is 0.253 e. The summed E-state index contributed by atoms with van der Waals surface area (Å²) in [5.74, 6) is 1.49. The van der Waals surface area contributed by atoms with Gasteiger partial charge in [0.25, 0.3) is 5.91 Å². The van der Waals surface area contributed by atoms with Crippen LogP contribution in [0.2, 0.25) is 0 Å². The van der Waals surface area contributed by atoms with Gasteiger partial charge in [-0.2, -0.15) is 5.10 Å². The molecule has 0 saturated carbocycles. The van der Waals surface area contributed by atoms with E-state index in [4.69, 9.17) is 9.47 Å². The maximum atomic E-state index is 12.4. The zero-order chi connectivity index (χ0) is 20.2. The average molecular weight is 391 g/mol. The van der Waals surface area contributed by atoms with Crippen LogP contribution in [0.1, 0.15) is 29.8 Å². The first-order valence-corrected chi connectivity index (χ1v) is 9.88. The Balaban J connectivity index is 1.48. The Bertz CT molecular complexity index is 992. The smallest absolute Gasteiger partial charge is 0.253 e. The Morgan fingerprint density at radius 3 is 2.72 bits per heavy atom. The van der Waals surface area contributed by atoms with Gasteiger partial charge in [0.1, 0.15) is 17.6 Å². The first-order chi connectivity index (χ1) is 14.1. The molecule has 1 amide bonds. The Morgan fingerprint density at radius 1 is 1.17 bits per heavy atom. The first-order valence-electron chi connectivity index (χ1n) is 9.88. The molecule has 2 heterocycles. The van der Waals surface area contributed by atoms with Crippen molar-refractivity contribution in [3.63, 3.8) is 0 Å². The lowest BCUT2D eigenvalue weighted by atomic mass is 10.2. The molecule has 1 N–H and O–H groups in total. The normalized spacial score (nSPS) is 16.0. The lowest BCUT2D eigenvalue weighted by molar-refractivity contribution is -0.124. The van der Waals surface area contributed by atoms with Gasteiger partial charge in [0.05, 0.1) is 23.6 Å². The minimum atomic E-state index is -0.357. The number of aryl methyl sites for hydroxylation is 1. The van der Waals surface area contributed by atoms with Crippen LogP contribution in [-0.2, 0) is 16.1 Å². The van der Waals surface area contributed by atoms with Crippen LogP contribution in [0.4, 0.5) is 5.69 Å². The van der Waals surface area contributed by atoms with E-state index in [2.05, 4.69) is 10.4 Å². The fourth-order valence-corrected chi connectivity index (χ4v) is 3.52. The van der Waals surface area contributed by atoms with E-state index in [1.165, 1.54) is 0 Å². The van der Waals surface area contributed by atoms with Crippen molar-refractivity contribution in [3.05, 3.63) is 71.5 Å². The van der Waals surface area contributed by atoms with Gasteiger partial charge in [0.15, 0.2) is 0 Å². The topological polar surface area (TPSA) is 65.4 Å². The molecule has 29 heavy (non-hydrogen) atoms. The molecule has 6 nitrogen and oxygen atoms in total. The van der Waals surface area contributed by atoms with Gasteiger partial charge in [-0.3, -0.25) is 9.48 Å². The second-order valence-corrected chi connectivity index (χ2v) is 7.26. The molecule has 2 aromatic carbocycles. The Kier molecular flexibility index (Phi) is 5.62. The maximum absolute atomic E-state index is 12.4. The summed E-state index contributed by atoms with van der Waals surface area (Å²) in [5, 5.41) is 7.62. The van der Waals surface area contributed by atoms with E-state index in [-0.39, 0.29) is 12.0 Å². The number of hydrogen-bond acceptors (Lipinski definition) is 4. The Hall–Kier alpha value is -3.12. The summed E-state index contributed by atoms with van der Waals surface area (Å²) in [6.45, 7) is 5.12. The van der Waals surface area contributed by atoms with Crippen molar-refractivity contribution >= 4 is 11.6 Å². The number of benzene rings is 2. The van der Waals surface area contributed by atoms with Crippen molar-refractivity contribution < 1.29 is 14.3 Å². The van der Waals surface area contributed by atoms with E-state index >= 15 is 0 Å². The minimum Gasteiger partial charge on any atom is -0.457 e. The van der Waals surface area contributed by atoms with Crippen molar-refractivity contribution in [2.75, 3.05) is 11.9 Å². The predicted molar refractivity (Wildman–Crippen MR) is 111 cm³/mol. The minimum absolute atomic E-state index is 0.0912. The number of ether oxygens (including phenoxy) is 2. The van der Waals surface area contributed by atoms with Crippen molar-refractivity contribution in [2.24, 2.45) is 0 Å². The van der Waals surface area contributed by atoms with Crippen LogP contribution in [0.15, 0.2) is 54.6 Å². The fraction of sp³-hybridized carbons (Fsp3) is 0.304. The van der Waals surface area contributed by atoms with Gasteiger partial charge in [-0.1, -0.05) is 30.3 Å². The van der Waals surface area contributed by atoms with Gasteiger partial charge in [0.2, 0.25) is 0 Å². The third-order valence-electron chi connectivity index (χ3n) is 5.06. The summed E-state index contributed by atoms with van der Waals surface area (Å²) in [6, 6.07) is 17.7. The molecule has 0 spiro atoms. The van der Waals surface area contributed by atoms with Gasteiger partial charge in [0, 0.05) is 6.61 Å². The second kappa shape index (κ2) is 8.49. The summed E-state index contributed by atoms with van der Waals surface area (Å²) >= 11 is 0. The van der Waals surface area contributed by atoms with Crippen LogP contribution in [-0.4, -0.2) is 28.4 Å². The number of nitrogens with zero attached hydrogens (tertiary/aromatic N) is 2. The summed E-state index contributed by atoms with van der Waals surface area (Å²) in [7, 11) is 0. The number of hydrogen-bond donors (Lipinski definition) is 1. The quantitative estimate of drug-likeness (QED) is 0.674. The standard InChI is InChI=1S/C23H25N3O3/c1-16-22(24-23(27)21-12-7-13-28-21)17(2)26(25-16)15-18-8-6-11-20(14-18)29-19-9-4-3-5-10-19/h3-6,8-11,14,21H,7,12-13,15H2,1-2H3,(H,24,27)/t21-/m1/s1. The van der Waals surface area contributed by atoms with Crippen LogP contribution in [0.25, 0.3) is 0 Å². The van der Waals surface area contributed by atoms with Gasteiger partial charge < -0.3 is 14.8 Å². The third-order valence-corrected chi connectivity index (χ3v) is 5.06. The fourth-order valence-electron chi connectivity index (χ4n) is 3.52. The van der Waals surface area contributed by atoms with Crippen molar-refractivity contribution in [1.82, 2.24) is 9.78 Å². The molecule has 1 atom stereocenters. The SMILES string of the molecule is Cc1nn(Cc2cccc(Oc3ccccc3)c2)c(C)c1NC(=O)[C@H]1CCCO1. The van der Waals surface area contributed by atoms with Crippen molar-refractivity contribution in [2.45, 2.75) is 39.3 Å². The highest BCUT2D eigenvalue weighted by molar-refractivity contribution is 5.95. The van der Waals surface area contributed by atoms with Crippen LogP contribution in [0, 0.1) is 13.8 Å². The molecule has 0 radical (unpaired) electrons. The monoisotopic (exact) mass is 391 g/mol. The van der Waals surface area contributed by atoms with Gasteiger partial charge in [-0.15, -0.1) is 0 Å². The highest BCUT2D eigenvalue weighted by Crippen LogP contribution is 2.25. The molecule has 1 aliphatic heterocycles. The van der Waals surface area contributed by atoms with E-state index in [0.717, 1.165) is 47.0 Å². The zero-order valence-corrected chi connectivity index (χ0v) is 16.7. The number of aromatic nitrogens is 2. The molecule has 1 fully saturated rings.